The van der Waals surface area contributed by atoms with Crippen LogP contribution in [-0.4, -0.2) is 16.9 Å². The monoisotopic (exact) mass is 426 g/mol. The maximum atomic E-state index is 6.19. The first-order valence-electron chi connectivity index (χ1n) is 8.19. The van der Waals surface area contributed by atoms with Crippen molar-refractivity contribution in [1.82, 2.24) is 9.78 Å². The Morgan fingerprint density at radius 1 is 1.04 bits per heavy atom. The number of hydrogen-bond acceptors (Lipinski definition) is 2. The molecule has 0 atom stereocenters. The lowest BCUT2D eigenvalue weighted by molar-refractivity contribution is 0.414. The van der Waals surface area contributed by atoms with E-state index in [0.29, 0.717) is 11.6 Å². The average molecular weight is 428 g/mol. The quantitative estimate of drug-likeness (QED) is 0.389. The largest absolute Gasteiger partial charge is 0.497 e. The van der Waals surface area contributed by atoms with Crippen molar-refractivity contribution in [1.29, 1.82) is 0 Å². The molecular formula is C21H16BrClN2O. The van der Waals surface area contributed by atoms with E-state index in [9.17, 15) is 0 Å². The van der Waals surface area contributed by atoms with E-state index in [4.69, 9.17) is 21.4 Å². The predicted octanol–water partition coefficient (Wildman–Crippen LogP) is 6.18. The Morgan fingerprint density at radius 3 is 2.54 bits per heavy atom. The number of para-hydroxylation sites is 1. The van der Waals surface area contributed by atoms with Gasteiger partial charge in [-0.1, -0.05) is 48.0 Å². The van der Waals surface area contributed by atoms with Gasteiger partial charge in [-0.2, -0.15) is 5.10 Å². The molecule has 0 aliphatic rings. The molecule has 3 aromatic carbocycles. The fraction of sp³-hybridized carbons (Fsp3) is 0.0952. The van der Waals surface area contributed by atoms with Crippen molar-refractivity contribution in [3.8, 4) is 17.0 Å². The average Bonchev–Trinajstić information content (AvgIpc) is 3.02. The summed E-state index contributed by atoms with van der Waals surface area (Å²) in [6.45, 7) is 0.670. The van der Waals surface area contributed by atoms with Crippen molar-refractivity contribution in [2.45, 2.75) is 6.54 Å². The number of nitrogens with zero attached hydrogens (tertiary/aromatic N) is 2. The summed E-state index contributed by atoms with van der Waals surface area (Å²) in [4.78, 5) is 0. The third-order valence-electron chi connectivity index (χ3n) is 4.31. The molecule has 0 fully saturated rings. The molecule has 0 N–H and O–H groups in total. The Labute approximate surface area is 165 Å². The van der Waals surface area contributed by atoms with Crippen LogP contribution in [0.4, 0.5) is 0 Å². The smallest absolute Gasteiger partial charge is 0.118 e. The standard InChI is InChI=1S/C21H16BrClN2O/c1-26-17-10-8-14(9-11-17)13-25-21-18(6-3-7-19(21)22)20(24-25)15-4-2-5-16(23)12-15/h2-12H,13H2,1H3. The number of aromatic nitrogens is 2. The van der Waals surface area contributed by atoms with Crippen molar-refractivity contribution in [3.63, 3.8) is 0 Å². The highest BCUT2D eigenvalue weighted by molar-refractivity contribution is 9.10. The van der Waals surface area contributed by atoms with Crippen molar-refractivity contribution < 1.29 is 4.74 Å². The first-order chi connectivity index (χ1) is 12.7. The molecule has 3 nitrogen and oxygen atoms in total. The second-order valence-corrected chi connectivity index (χ2v) is 7.29. The molecule has 0 radical (unpaired) electrons. The van der Waals surface area contributed by atoms with Crippen molar-refractivity contribution in [2.24, 2.45) is 0 Å². The Morgan fingerprint density at radius 2 is 1.81 bits per heavy atom. The number of rotatable bonds is 4. The highest BCUT2D eigenvalue weighted by Crippen LogP contribution is 2.33. The highest BCUT2D eigenvalue weighted by Gasteiger charge is 2.15. The molecule has 0 aliphatic heterocycles. The minimum atomic E-state index is 0.670. The van der Waals surface area contributed by atoms with Gasteiger partial charge in [0.15, 0.2) is 0 Å². The normalized spacial score (nSPS) is 11.0. The summed E-state index contributed by atoms with van der Waals surface area (Å²) >= 11 is 9.86. The van der Waals surface area contributed by atoms with Crippen molar-refractivity contribution in [3.05, 3.63) is 81.8 Å². The zero-order chi connectivity index (χ0) is 18.1. The summed E-state index contributed by atoms with van der Waals surface area (Å²) in [7, 11) is 1.67. The molecule has 0 amide bonds. The van der Waals surface area contributed by atoms with Crippen molar-refractivity contribution in [2.75, 3.05) is 7.11 Å². The van der Waals surface area contributed by atoms with Gasteiger partial charge in [-0.05, 0) is 51.8 Å². The number of halogens is 2. The van der Waals surface area contributed by atoms with Crippen LogP contribution in [0, 0.1) is 0 Å². The van der Waals surface area contributed by atoms with Crippen LogP contribution in [0.2, 0.25) is 5.02 Å². The van der Waals surface area contributed by atoms with Gasteiger partial charge in [0.05, 0.1) is 19.2 Å². The molecule has 26 heavy (non-hydrogen) atoms. The molecular weight excluding hydrogens is 412 g/mol. The van der Waals surface area contributed by atoms with Gasteiger partial charge < -0.3 is 4.74 Å². The van der Waals surface area contributed by atoms with E-state index < -0.39 is 0 Å². The van der Waals surface area contributed by atoms with E-state index in [-0.39, 0.29) is 0 Å². The van der Waals surface area contributed by atoms with E-state index in [1.165, 1.54) is 0 Å². The molecule has 130 valence electrons. The Hall–Kier alpha value is -2.30. The van der Waals surface area contributed by atoms with Gasteiger partial charge in [-0.15, -0.1) is 0 Å². The number of ether oxygens (including phenoxy) is 1. The fourth-order valence-corrected chi connectivity index (χ4v) is 3.82. The van der Waals surface area contributed by atoms with Gasteiger partial charge in [0, 0.05) is 20.4 Å². The van der Waals surface area contributed by atoms with E-state index in [2.05, 4.69) is 34.1 Å². The molecule has 1 heterocycles. The van der Waals surface area contributed by atoms with E-state index >= 15 is 0 Å². The van der Waals surface area contributed by atoms with Crippen LogP contribution in [0.3, 0.4) is 0 Å². The van der Waals surface area contributed by atoms with Crippen LogP contribution in [0.1, 0.15) is 5.56 Å². The Kier molecular flexibility index (Phi) is 4.70. The van der Waals surface area contributed by atoms with Crippen molar-refractivity contribution >= 4 is 38.4 Å². The van der Waals surface area contributed by atoms with E-state index in [0.717, 1.165) is 37.9 Å². The van der Waals surface area contributed by atoms with Crippen LogP contribution in [0.15, 0.2) is 71.2 Å². The molecule has 4 aromatic rings. The molecule has 1 aromatic heterocycles. The number of methoxy groups -OCH3 is 1. The van der Waals surface area contributed by atoms with Gasteiger partial charge in [-0.25, -0.2) is 0 Å². The number of benzene rings is 3. The van der Waals surface area contributed by atoms with E-state index in [1.54, 1.807) is 7.11 Å². The maximum Gasteiger partial charge on any atom is 0.118 e. The number of fused-ring (bicyclic) bond motifs is 1. The lowest BCUT2D eigenvalue weighted by Crippen LogP contribution is -2.02. The summed E-state index contributed by atoms with van der Waals surface area (Å²) in [6, 6.07) is 22.0. The molecule has 0 bridgehead atoms. The Balaban J connectivity index is 1.84. The molecule has 0 saturated heterocycles. The molecule has 0 saturated carbocycles. The lowest BCUT2D eigenvalue weighted by atomic mass is 10.1. The van der Waals surface area contributed by atoms with Gasteiger partial charge in [0.2, 0.25) is 0 Å². The highest BCUT2D eigenvalue weighted by atomic mass is 79.9. The molecule has 4 rings (SSSR count). The third kappa shape index (κ3) is 3.22. The molecule has 0 unspecified atom stereocenters. The lowest BCUT2D eigenvalue weighted by Gasteiger charge is -2.06. The van der Waals surface area contributed by atoms with E-state index in [1.807, 2.05) is 53.2 Å². The first-order valence-corrected chi connectivity index (χ1v) is 9.37. The first kappa shape index (κ1) is 17.1. The van der Waals surface area contributed by atoms with Crippen LogP contribution in [0.25, 0.3) is 22.2 Å². The summed E-state index contributed by atoms with van der Waals surface area (Å²) in [5.41, 5.74) is 4.16. The summed E-state index contributed by atoms with van der Waals surface area (Å²) in [5, 5.41) is 6.69. The molecule has 0 spiro atoms. The third-order valence-corrected chi connectivity index (χ3v) is 5.19. The Bertz CT molecular complexity index is 1070. The summed E-state index contributed by atoms with van der Waals surface area (Å²) in [5.74, 6) is 0.847. The predicted molar refractivity (Wildman–Crippen MR) is 110 cm³/mol. The van der Waals surface area contributed by atoms with Crippen LogP contribution in [-0.2, 0) is 6.54 Å². The van der Waals surface area contributed by atoms with Crippen LogP contribution < -0.4 is 4.74 Å². The fourth-order valence-electron chi connectivity index (χ4n) is 3.06. The second-order valence-electron chi connectivity index (χ2n) is 6.00. The maximum absolute atomic E-state index is 6.19. The summed E-state index contributed by atoms with van der Waals surface area (Å²) < 4.78 is 8.28. The van der Waals surface area contributed by atoms with Gasteiger partial charge in [0.25, 0.3) is 0 Å². The zero-order valence-corrected chi connectivity index (χ0v) is 16.5. The molecule has 5 heteroatoms. The minimum Gasteiger partial charge on any atom is -0.497 e. The molecule has 0 aliphatic carbocycles. The van der Waals surface area contributed by atoms with Gasteiger partial charge in [-0.3, -0.25) is 4.68 Å². The summed E-state index contributed by atoms with van der Waals surface area (Å²) in [6.07, 6.45) is 0. The van der Waals surface area contributed by atoms with Crippen LogP contribution >= 0.6 is 27.5 Å². The van der Waals surface area contributed by atoms with Gasteiger partial charge in [0.1, 0.15) is 11.4 Å². The minimum absolute atomic E-state index is 0.670. The van der Waals surface area contributed by atoms with Crippen LogP contribution in [0.5, 0.6) is 5.75 Å². The SMILES string of the molecule is COc1ccc(Cn2nc(-c3cccc(Cl)c3)c3cccc(Br)c32)cc1. The van der Waals surface area contributed by atoms with Gasteiger partial charge >= 0.3 is 0 Å². The second kappa shape index (κ2) is 7.14. The zero-order valence-electron chi connectivity index (χ0n) is 14.1. The number of hydrogen-bond donors (Lipinski definition) is 0. The topological polar surface area (TPSA) is 27.1 Å².